The maximum Gasteiger partial charge on any atom is 0.138 e. The van der Waals surface area contributed by atoms with Crippen LogP contribution in [0.2, 0.25) is 0 Å². The summed E-state index contributed by atoms with van der Waals surface area (Å²) in [4.78, 5) is 0. The third-order valence-electron chi connectivity index (χ3n) is 3.24. The highest BCUT2D eigenvalue weighted by Crippen LogP contribution is 2.23. The van der Waals surface area contributed by atoms with Gasteiger partial charge in [0.15, 0.2) is 0 Å². The van der Waals surface area contributed by atoms with E-state index in [9.17, 15) is 0 Å². The van der Waals surface area contributed by atoms with Gasteiger partial charge in [0.2, 0.25) is 0 Å². The highest BCUT2D eigenvalue weighted by molar-refractivity contribution is 9.10. The van der Waals surface area contributed by atoms with Crippen molar-refractivity contribution in [2.24, 2.45) is 0 Å². The Kier molecular flexibility index (Phi) is 2.74. The highest BCUT2D eigenvalue weighted by atomic mass is 79.9. The van der Waals surface area contributed by atoms with E-state index in [1.165, 1.54) is 10.9 Å². The second-order valence-electron chi connectivity index (χ2n) is 4.45. The molecule has 3 nitrogen and oxygen atoms in total. The number of aromatic nitrogens is 2. The third kappa shape index (κ3) is 1.86. The fourth-order valence-corrected chi connectivity index (χ4v) is 2.59. The van der Waals surface area contributed by atoms with Gasteiger partial charge in [-0.3, -0.25) is 0 Å². The van der Waals surface area contributed by atoms with Gasteiger partial charge >= 0.3 is 0 Å². The second-order valence-corrected chi connectivity index (χ2v) is 5.37. The summed E-state index contributed by atoms with van der Waals surface area (Å²) in [5.74, 6) is 0.895. The molecule has 92 valence electrons. The Morgan fingerprint density at radius 1 is 1.28 bits per heavy atom. The van der Waals surface area contributed by atoms with Gasteiger partial charge in [0.25, 0.3) is 0 Å². The highest BCUT2D eigenvalue weighted by Gasteiger charge is 2.10. The van der Waals surface area contributed by atoms with E-state index < -0.39 is 0 Å². The molecule has 0 bridgehead atoms. The minimum absolute atomic E-state index is 0.798. The van der Waals surface area contributed by atoms with Gasteiger partial charge in [0, 0.05) is 27.1 Å². The van der Waals surface area contributed by atoms with Crippen molar-refractivity contribution >= 4 is 26.8 Å². The molecule has 0 atom stereocenters. The van der Waals surface area contributed by atoms with Gasteiger partial charge in [-0.1, -0.05) is 21.1 Å². The van der Waals surface area contributed by atoms with Crippen molar-refractivity contribution in [1.82, 2.24) is 9.72 Å². The Bertz CT molecular complexity index is 692. The van der Waals surface area contributed by atoms with Gasteiger partial charge < -0.3 is 9.09 Å². The van der Waals surface area contributed by atoms with E-state index in [1.807, 2.05) is 13.8 Å². The van der Waals surface area contributed by atoms with Crippen molar-refractivity contribution in [2.45, 2.75) is 20.4 Å². The molecule has 0 aliphatic carbocycles. The van der Waals surface area contributed by atoms with E-state index in [-0.39, 0.29) is 0 Å². The summed E-state index contributed by atoms with van der Waals surface area (Å²) in [6.07, 6.45) is 2.10. The van der Waals surface area contributed by atoms with E-state index >= 15 is 0 Å². The molecule has 2 aromatic heterocycles. The number of halogens is 1. The molecule has 0 amide bonds. The minimum atomic E-state index is 0.798. The molecule has 0 radical (unpaired) electrons. The SMILES string of the molecule is Cc1noc(C)c1Cn1ccc2cc(Br)ccc21. The van der Waals surface area contributed by atoms with Crippen LogP contribution in [0.5, 0.6) is 0 Å². The first-order chi connectivity index (χ1) is 8.65. The third-order valence-corrected chi connectivity index (χ3v) is 3.74. The Balaban J connectivity index is 2.06. The van der Waals surface area contributed by atoms with Crippen LogP contribution in [0, 0.1) is 13.8 Å². The lowest BCUT2D eigenvalue weighted by atomic mass is 10.2. The van der Waals surface area contributed by atoms with Crippen LogP contribution in [-0.2, 0) is 6.54 Å². The zero-order valence-corrected chi connectivity index (χ0v) is 11.9. The Morgan fingerprint density at radius 3 is 2.83 bits per heavy atom. The van der Waals surface area contributed by atoms with Crippen LogP contribution in [0.3, 0.4) is 0 Å². The van der Waals surface area contributed by atoms with E-state index in [0.29, 0.717) is 0 Å². The number of aryl methyl sites for hydroxylation is 2. The molecule has 0 saturated carbocycles. The van der Waals surface area contributed by atoms with Crippen LogP contribution in [0.25, 0.3) is 10.9 Å². The van der Waals surface area contributed by atoms with Gasteiger partial charge in [-0.15, -0.1) is 0 Å². The molecule has 0 saturated heterocycles. The monoisotopic (exact) mass is 304 g/mol. The molecule has 0 N–H and O–H groups in total. The first-order valence-electron chi connectivity index (χ1n) is 5.81. The van der Waals surface area contributed by atoms with Gasteiger partial charge in [-0.25, -0.2) is 0 Å². The van der Waals surface area contributed by atoms with Crippen molar-refractivity contribution in [3.63, 3.8) is 0 Å². The Hall–Kier alpha value is -1.55. The molecule has 0 aliphatic rings. The van der Waals surface area contributed by atoms with Crippen LogP contribution in [0.1, 0.15) is 17.0 Å². The zero-order chi connectivity index (χ0) is 12.7. The number of nitrogens with zero attached hydrogens (tertiary/aromatic N) is 2. The lowest BCUT2D eigenvalue weighted by Gasteiger charge is -2.05. The number of hydrogen-bond donors (Lipinski definition) is 0. The van der Waals surface area contributed by atoms with Crippen LogP contribution in [-0.4, -0.2) is 9.72 Å². The largest absolute Gasteiger partial charge is 0.361 e. The van der Waals surface area contributed by atoms with Crippen LogP contribution >= 0.6 is 15.9 Å². The molecule has 2 heterocycles. The summed E-state index contributed by atoms with van der Waals surface area (Å²) in [6, 6.07) is 8.43. The van der Waals surface area contributed by atoms with Gasteiger partial charge in [0.1, 0.15) is 5.76 Å². The fraction of sp³-hybridized carbons (Fsp3) is 0.214. The Labute approximate surface area is 114 Å². The van der Waals surface area contributed by atoms with Gasteiger partial charge in [-0.2, -0.15) is 0 Å². The number of fused-ring (bicyclic) bond motifs is 1. The first-order valence-corrected chi connectivity index (χ1v) is 6.60. The molecule has 0 aliphatic heterocycles. The summed E-state index contributed by atoms with van der Waals surface area (Å²) in [7, 11) is 0. The standard InChI is InChI=1S/C14H13BrN2O/c1-9-13(10(2)18-16-9)8-17-6-5-11-7-12(15)3-4-14(11)17/h3-7H,8H2,1-2H3. The van der Waals surface area contributed by atoms with Crippen molar-refractivity contribution in [3.05, 3.63) is 52.0 Å². The number of rotatable bonds is 2. The average molecular weight is 305 g/mol. The lowest BCUT2D eigenvalue weighted by molar-refractivity contribution is 0.392. The maximum atomic E-state index is 5.20. The molecular formula is C14H13BrN2O. The zero-order valence-electron chi connectivity index (χ0n) is 10.3. The second kappa shape index (κ2) is 4.28. The van der Waals surface area contributed by atoms with Crippen molar-refractivity contribution in [1.29, 1.82) is 0 Å². The van der Waals surface area contributed by atoms with Crippen molar-refractivity contribution in [3.8, 4) is 0 Å². The molecular weight excluding hydrogens is 292 g/mol. The fourth-order valence-electron chi connectivity index (χ4n) is 2.21. The summed E-state index contributed by atoms with van der Waals surface area (Å²) < 4.78 is 8.52. The predicted octanol–water partition coefficient (Wildman–Crippen LogP) is 4.06. The molecule has 0 spiro atoms. The van der Waals surface area contributed by atoms with Crippen LogP contribution < -0.4 is 0 Å². The van der Waals surface area contributed by atoms with Gasteiger partial charge in [0.05, 0.1) is 12.2 Å². The molecule has 4 heteroatoms. The molecule has 18 heavy (non-hydrogen) atoms. The smallest absolute Gasteiger partial charge is 0.138 e. The van der Waals surface area contributed by atoms with Crippen LogP contribution in [0.15, 0.2) is 39.5 Å². The summed E-state index contributed by atoms with van der Waals surface area (Å²) in [5.41, 5.74) is 3.35. The van der Waals surface area contributed by atoms with E-state index in [1.54, 1.807) is 0 Å². The van der Waals surface area contributed by atoms with Crippen LogP contribution in [0.4, 0.5) is 0 Å². The molecule has 0 fully saturated rings. The van der Waals surface area contributed by atoms with Gasteiger partial charge in [-0.05, 0) is 38.1 Å². The van der Waals surface area contributed by atoms with E-state index in [0.717, 1.165) is 28.0 Å². The molecule has 3 rings (SSSR count). The quantitative estimate of drug-likeness (QED) is 0.715. The molecule has 3 aromatic rings. The normalized spacial score (nSPS) is 11.3. The molecule has 0 unspecified atom stereocenters. The minimum Gasteiger partial charge on any atom is -0.361 e. The summed E-state index contributed by atoms with van der Waals surface area (Å²) in [5, 5.41) is 5.23. The van der Waals surface area contributed by atoms with E-state index in [4.69, 9.17) is 4.52 Å². The van der Waals surface area contributed by atoms with E-state index in [2.05, 4.69) is 56.1 Å². The summed E-state index contributed by atoms with van der Waals surface area (Å²) in [6.45, 7) is 4.73. The number of hydrogen-bond acceptors (Lipinski definition) is 2. The maximum absolute atomic E-state index is 5.20. The van der Waals surface area contributed by atoms with Crippen molar-refractivity contribution < 1.29 is 4.52 Å². The Morgan fingerprint density at radius 2 is 2.11 bits per heavy atom. The average Bonchev–Trinajstić information content (AvgIpc) is 2.87. The first kappa shape index (κ1) is 11.5. The molecule has 1 aromatic carbocycles. The predicted molar refractivity (Wildman–Crippen MR) is 74.7 cm³/mol. The summed E-state index contributed by atoms with van der Waals surface area (Å²) >= 11 is 3.49. The number of benzene rings is 1. The topological polar surface area (TPSA) is 31.0 Å². The van der Waals surface area contributed by atoms with Crippen molar-refractivity contribution in [2.75, 3.05) is 0 Å². The lowest BCUT2D eigenvalue weighted by Crippen LogP contribution is -1.99.